The number of amides is 1. The number of rotatable bonds is 6. The third-order valence-electron chi connectivity index (χ3n) is 5.37. The van der Waals surface area contributed by atoms with Crippen LogP contribution in [0.25, 0.3) is 5.69 Å². The Balaban J connectivity index is 1.55. The van der Waals surface area contributed by atoms with Crippen LogP contribution in [0, 0.1) is 17.0 Å². The second-order valence-electron chi connectivity index (χ2n) is 7.55. The molecule has 0 radical (unpaired) electrons. The first kappa shape index (κ1) is 22.4. The van der Waals surface area contributed by atoms with Gasteiger partial charge in [-0.1, -0.05) is 24.3 Å². The van der Waals surface area contributed by atoms with E-state index in [9.17, 15) is 19.7 Å². The van der Waals surface area contributed by atoms with Crippen molar-refractivity contribution < 1.29 is 9.72 Å². The molecular weight excluding hydrogens is 434 g/mol. The van der Waals surface area contributed by atoms with Crippen LogP contribution in [0.4, 0.5) is 17.1 Å². The molecule has 1 amide bonds. The fraction of sp³-hybridized carbons (Fsp3) is 0.0800. The zero-order valence-corrected chi connectivity index (χ0v) is 18.5. The second kappa shape index (κ2) is 9.37. The summed E-state index contributed by atoms with van der Waals surface area (Å²) >= 11 is 0. The predicted octanol–water partition coefficient (Wildman–Crippen LogP) is 4.40. The molecule has 170 valence electrons. The number of anilines is 1. The van der Waals surface area contributed by atoms with E-state index < -0.39 is 10.8 Å². The summed E-state index contributed by atoms with van der Waals surface area (Å²) in [7, 11) is 1.76. The Hall–Kier alpha value is -4.79. The average molecular weight is 455 g/mol. The monoisotopic (exact) mass is 455 g/mol. The van der Waals surface area contributed by atoms with Gasteiger partial charge in [-0.15, -0.1) is 0 Å². The van der Waals surface area contributed by atoms with Crippen molar-refractivity contribution in [1.82, 2.24) is 9.36 Å². The Morgan fingerprint density at radius 2 is 1.74 bits per heavy atom. The summed E-state index contributed by atoms with van der Waals surface area (Å²) < 4.78 is 3.19. The third-order valence-corrected chi connectivity index (χ3v) is 5.37. The minimum atomic E-state index is -0.466. The molecule has 34 heavy (non-hydrogen) atoms. The molecule has 9 heteroatoms. The molecule has 3 aromatic carbocycles. The van der Waals surface area contributed by atoms with E-state index in [0.717, 1.165) is 0 Å². The van der Waals surface area contributed by atoms with Crippen LogP contribution in [0.2, 0.25) is 0 Å². The summed E-state index contributed by atoms with van der Waals surface area (Å²) in [6.07, 6.45) is 1.56. The van der Waals surface area contributed by atoms with Crippen LogP contribution in [0.3, 0.4) is 0 Å². The van der Waals surface area contributed by atoms with E-state index in [0.29, 0.717) is 28.2 Å². The molecule has 0 fully saturated rings. The first-order valence-electron chi connectivity index (χ1n) is 10.4. The lowest BCUT2D eigenvalue weighted by Crippen LogP contribution is -2.22. The maximum absolute atomic E-state index is 13.0. The first-order chi connectivity index (χ1) is 16.3. The number of hydrogen-bond acceptors (Lipinski definition) is 5. The first-order valence-corrected chi connectivity index (χ1v) is 10.4. The Labute approximate surface area is 194 Å². The summed E-state index contributed by atoms with van der Waals surface area (Å²) in [5.41, 5.74) is 2.74. The lowest BCUT2D eigenvalue weighted by atomic mass is 10.2. The highest BCUT2D eigenvalue weighted by atomic mass is 16.6. The molecule has 4 rings (SSSR count). The van der Waals surface area contributed by atoms with Crippen LogP contribution < -0.4 is 10.9 Å². The van der Waals surface area contributed by atoms with Gasteiger partial charge in [0.2, 0.25) is 0 Å². The zero-order valence-electron chi connectivity index (χ0n) is 18.5. The SMILES string of the molecule is Cc1c(NC(=O)c2cccc(N=Cc3ccc([N+](=O)[O-])cc3)c2)c(=O)n(-c2ccccc2)n1C. The molecule has 0 aliphatic carbocycles. The van der Waals surface area contributed by atoms with Crippen molar-refractivity contribution in [2.24, 2.45) is 12.0 Å². The van der Waals surface area contributed by atoms with Gasteiger partial charge in [0.05, 0.1) is 22.0 Å². The summed E-state index contributed by atoms with van der Waals surface area (Å²) in [5, 5.41) is 13.5. The molecule has 0 aliphatic rings. The quantitative estimate of drug-likeness (QED) is 0.264. The van der Waals surface area contributed by atoms with Crippen molar-refractivity contribution in [3.8, 4) is 5.69 Å². The van der Waals surface area contributed by atoms with Gasteiger partial charge in [0, 0.05) is 31.0 Å². The van der Waals surface area contributed by atoms with Gasteiger partial charge >= 0.3 is 0 Å². The van der Waals surface area contributed by atoms with Crippen molar-refractivity contribution >= 4 is 29.2 Å². The van der Waals surface area contributed by atoms with Crippen LogP contribution in [-0.2, 0) is 7.05 Å². The normalized spacial score (nSPS) is 11.0. The van der Waals surface area contributed by atoms with Crippen LogP contribution in [-0.4, -0.2) is 26.4 Å². The van der Waals surface area contributed by atoms with E-state index >= 15 is 0 Å². The highest BCUT2D eigenvalue weighted by Crippen LogP contribution is 2.18. The number of hydrogen-bond donors (Lipinski definition) is 1. The van der Waals surface area contributed by atoms with Gasteiger partial charge in [0.15, 0.2) is 0 Å². The molecular formula is C25H21N5O4. The Morgan fingerprint density at radius 1 is 1.03 bits per heavy atom. The second-order valence-corrected chi connectivity index (χ2v) is 7.55. The molecule has 4 aromatic rings. The average Bonchev–Trinajstić information content (AvgIpc) is 3.06. The Bertz CT molecular complexity index is 1450. The number of nitro groups is 1. The van der Waals surface area contributed by atoms with Crippen molar-refractivity contribution in [3.63, 3.8) is 0 Å². The van der Waals surface area contributed by atoms with Crippen LogP contribution in [0.15, 0.2) is 88.6 Å². The summed E-state index contributed by atoms with van der Waals surface area (Å²) in [5.74, 6) is -0.432. The van der Waals surface area contributed by atoms with E-state index in [-0.39, 0.29) is 16.9 Å². The predicted molar refractivity (Wildman–Crippen MR) is 130 cm³/mol. The van der Waals surface area contributed by atoms with Gasteiger partial charge in [-0.3, -0.25) is 29.4 Å². The number of nitrogens with one attached hydrogen (secondary N) is 1. The molecule has 1 N–H and O–H groups in total. The number of carbonyl (C=O) groups is 1. The van der Waals surface area contributed by atoms with Crippen LogP contribution >= 0.6 is 0 Å². The number of benzene rings is 3. The van der Waals surface area contributed by atoms with Gasteiger partial charge in [0.25, 0.3) is 17.2 Å². The van der Waals surface area contributed by atoms with Crippen LogP contribution in [0.5, 0.6) is 0 Å². The van der Waals surface area contributed by atoms with Crippen molar-refractivity contribution in [2.45, 2.75) is 6.92 Å². The highest BCUT2D eigenvalue weighted by molar-refractivity contribution is 6.05. The van der Waals surface area contributed by atoms with Crippen molar-refractivity contribution in [3.05, 3.63) is 116 Å². The molecule has 1 aromatic heterocycles. The largest absolute Gasteiger partial charge is 0.316 e. The lowest BCUT2D eigenvalue weighted by molar-refractivity contribution is -0.384. The maximum Gasteiger partial charge on any atom is 0.295 e. The van der Waals surface area contributed by atoms with E-state index in [1.807, 2.05) is 30.3 Å². The van der Waals surface area contributed by atoms with E-state index in [2.05, 4.69) is 10.3 Å². The number of nitrogens with zero attached hydrogens (tertiary/aromatic N) is 4. The number of para-hydroxylation sites is 1. The highest BCUT2D eigenvalue weighted by Gasteiger charge is 2.19. The molecule has 0 saturated carbocycles. The minimum Gasteiger partial charge on any atom is -0.316 e. The fourth-order valence-corrected chi connectivity index (χ4v) is 3.46. The molecule has 0 atom stereocenters. The molecule has 0 aliphatic heterocycles. The number of carbonyl (C=O) groups excluding carboxylic acids is 1. The van der Waals surface area contributed by atoms with E-state index in [1.54, 1.807) is 61.3 Å². The van der Waals surface area contributed by atoms with E-state index in [1.165, 1.54) is 16.8 Å². The third kappa shape index (κ3) is 4.53. The zero-order chi connectivity index (χ0) is 24.2. The van der Waals surface area contributed by atoms with E-state index in [4.69, 9.17) is 0 Å². The molecule has 9 nitrogen and oxygen atoms in total. The van der Waals surface area contributed by atoms with Gasteiger partial charge in [-0.05, 0) is 55.0 Å². The number of aliphatic imine (C=N–C) groups is 1. The molecule has 0 bridgehead atoms. The van der Waals surface area contributed by atoms with Crippen molar-refractivity contribution in [2.75, 3.05) is 5.32 Å². The number of non-ortho nitro benzene ring substituents is 1. The number of nitro benzene ring substituents is 1. The Morgan fingerprint density at radius 3 is 2.41 bits per heavy atom. The minimum absolute atomic E-state index is 0.00153. The van der Waals surface area contributed by atoms with Gasteiger partial charge in [0.1, 0.15) is 5.69 Å². The standard InChI is InChI=1S/C25H21N5O4/c1-17-23(25(32)29(28(17)2)21-9-4-3-5-10-21)27-24(31)19-7-6-8-20(15-19)26-16-18-11-13-22(14-12-18)30(33)34/h3-16H,1-2H3,(H,27,31). The molecule has 0 spiro atoms. The lowest BCUT2D eigenvalue weighted by Gasteiger charge is -2.07. The van der Waals surface area contributed by atoms with Gasteiger partial charge < -0.3 is 5.32 Å². The van der Waals surface area contributed by atoms with Gasteiger partial charge in [-0.2, -0.15) is 0 Å². The number of aromatic nitrogens is 2. The summed E-state index contributed by atoms with van der Waals surface area (Å²) in [6.45, 7) is 1.77. The fourth-order valence-electron chi connectivity index (χ4n) is 3.46. The summed E-state index contributed by atoms with van der Waals surface area (Å²) in [4.78, 5) is 40.6. The summed E-state index contributed by atoms with van der Waals surface area (Å²) in [6, 6.07) is 21.8. The molecule has 1 heterocycles. The molecule has 0 unspecified atom stereocenters. The topological polar surface area (TPSA) is 112 Å². The molecule has 0 saturated heterocycles. The maximum atomic E-state index is 13.0. The van der Waals surface area contributed by atoms with Gasteiger partial charge in [-0.25, -0.2) is 4.68 Å². The Kier molecular flexibility index (Phi) is 6.18. The smallest absolute Gasteiger partial charge is 0.295 e. The van der Waals surface area contributed by atoms with Crippen molar-refractivity contribution in [1.29, 1.82) is 0 Å². The van der Waals surface area contributed by atoms with Crippen LogP contribution in [0.1, 0.15) is 21.6 Å².